The summed E-state index contributed by atoms with van der Waals surface area (Å²) in [5.41, 5.74) is 5.88. The van der Waals surface area contributed by atoms with Crippen molar-refractivity contribution in [1.82, 2.24) is 14.9 Å². The fourth-order valence-electron chi connectivity index (χ4n) is 4.16. The Bertz CT molecular complexity index is 918. The van der Waals surface area contributed by atoms with Crippen LogP contribution in [0.1, 0.15) is 54.0 Å². The zero-order valence-corrected chi connectivity index (χ0v) is 19.9. The summed E-state index contributed by atoms with van der Waals surface area (Å²) in [7, 11) is 1.71. The van der Waals surface area contributed by atoms with Crippen molar-refractivity contribution in [2.24, 2.45) is 5.92 Å². The highest BCUT2D eigenvalue weighted by Crippen LogP contribution is 2.27. The number of amides is 1. The molecule has 0 spiro atoms. The molecular weight excluding hydrogens is 388 g/mol. The van der Waals surface area contributed by atoms with Crippen LogP contribution in [0.4, 0.5) is 5.82 Å². The molecule has 168 valence electrons. The number of nitrogens with zero attached hydrogens (tertiary/aromatic N) is 4. The van der Waals surface area contributed by atoms with Crippen LogP contribution in [0, 0.1) is 26.7 Å². The quantitative estimate of drug-likeness (QED) is 0.676. The van der Waals surface area contributed by atoms with Crippen LogP contribution in [-0.2, 0) is 22.6 Å². The topological polar surface area (TPSA) is 58.6 Å². The van der Waals surface area contributed by atoms with E-state index in [0.717, 1.165) is 55.5 Å². The summed E-state index contributed by atoms with van der Waals surface area (Å²) < 4.78 is 5.48. The number of hydrogen-bond donors (Lipinski definition) is 0. The van der Waals surface area contributed by atoms with Gasteiger partial charge in [0.2, 0.25) is 5.91 Å². The third-order valence-electron chi connectivity index (χ3n) is 5.85. The molecule has 31 heavy (non-hydrogen) atoms. The zero-order chi connectivity index (χ0) is 22.5. The first-order valence-corrected chi connectivity index (χ1v) is 11.2. The Hall–Kier alpha value is -2.47. The van der Waals surface area contributed by atoms with E-state index in [-0.39, 0.29) is 5.91 Å². The van der Waals surface area contributed by atoms with Crippen LogP contribution in [0.15, 0.2) is 18.2 Å². The van der Waals surface area contributed by atoms with E-state index in [1.807, 2.05) is 11.8 Å². The number of ether oxygens (including phenoxy) is 1. The molecule has 0 unspecified atom stereocenters. The Labute approximate surface area is 186 Å². The van der Waals surface area contributed by atoms with Gasteiger partial charge in [-0.25, -0.2) is 9.97 Å². The molecule has 1 amide bonds. The highest BCUT2D eigenvalue weighted by Gasteiger charge is 2.26. The first-order chi connectivity index (χ1) is 14.8. The van der Waals surface area contributed by atoms with Gasteiger partial charge in [0.25, 0.3) is 0 Å². The van der Waals surface area contributed by atoms with E-state index in [1.54, 1.807) is 7.11 Å². The second kappa shape index (κ2) is 10.2. The lowest BCUT2D eigenvalue weighted by Gasteiger charge is -2.37. The Morgan fingerprint density at radius 1 is 1.10 bits per heavy atom. The summed E-state index contributed by atoms with van der Waals surface area (Å²) in [5.74, 6) is 2.38. The van der Waals surface area contributed by atoms with E-state index >= 15 is 0 Å². The van der Waals surface area contributed by atoms with Gasteiger partial charge in [-0.1, -0.05) is 37.6 Å². The predicted molar refractivity (Wildman–Crippen MR) is 124 cm³/mol. The number of hydrogen-bond acceptors (Lipinski definition) is 5. The Kier molecular flexibility index (Phi) is 7.65. The molecule has 1 aliphatic heterocycles. The van der Waals surface area contributed by atoms with Crippen molar-refractivity contribution >= 4 is 11.7 Å². The molecule has 0 bridgehead atoms. The minimum atomic E-state index is 0.254. The van der Waals surface area contributed by atoms with E-state index in [0.29, 0.717) is 18.9 Å². The molecule has 0 N–H and O–H groups in total. The van der Waals surface area contributed by atoms with Gasteiger partial charge in [0, 0.05) is 51.7 Å². The van der Waals surface area contributed by atoms with Crippen LogP contribution in [0.2, 0.25) is 0 Å². The normalized spacial score (nSPS) is 14.4. The van der Waals surface area contributed by atoms with E-state index in [9.17, 15) is 4.79 Å². The lowest BCUT2D eigenvalue weighted by Crippen LogP contribution is -2.49. The number of carbonyl (C=O) groups excluding carboxylic acids is 1. The number of benzene rings is 1. The fourth-order valence-corrected chi connectivity index (χ4v) is 4.16. The zero-order valence-electron chi connectivity index (χ0n) is 19.9. The van der Waals surface area contributed by atoms with Gasteiger partial charge in [0.05, 0.1) is 12.3 Å². The molecule has 1 fully saturated rings. The summed E-state index contributed by atoms with van der Waals surface area (Å²) in [5, 5.41) is 0. The SMILES string of the molecule is COCc1nc(C)nc(N2CCN(C(=O)CC(C)C)CC2)c1Cc1cc(C)ccc1C. The van der Waals surface area contributed by atoms with Crippen molar-refractivity contribution in [1.29, 1.82) is 0 Å². The predicted octanol–water partition coefficient (Wildman–Crippen LogP) is 3.83. The third kappa shape index (κ3) is 5.82. The van der Waals surface area contributed by atoms with Gasteiger partial charge in [0.1, 0.15) is 11.6 Å². The molecule has 0 radical (unpaired) electrons. The third-order valence-corrected chi connectivity index (χ3v) is 5.85. The summed E-state index contributed by atoms with van der Waals surface area (Å²) in [6.45, 7) is 13.9. The summed E-state index contributed by atoms with van der Waals surface area (Å²) >= 11 is 0. The van der Waals surface area contributed by atoms with Crippen molar-refractivity contribution < 1.29 is 9.53 Å². The average Bonchev–Trinajstić information content (AvgIpc) is 2.72. The van der Waals surface area contributed by atoms with Gasteiger partial charge in [0.15, 0.2) is 0 Å². The number of carbonyl (C=O) groups is 1. The second-order valence-electron chi connectivity index (χ2n) is 9.03. The number of piperazine rings is 1. The maximum absolute atomic E-state index is 12.5. The monoisotopic (exact) mass is 424 g/mol. The standard InChI is InChI=1S/C25H36N4O2/c1-17(2)13-24(30)28-9-11-29(12-10-28)25-22(23(16-31-6)26-20(5)27-25)15-21-14-18(3)7-8-19(21)4/h7-8,14,17H,9-13,15-16H2,1-6H3. The summed E-state index contributed by atoms with van der Waals surface area (Å²) in [6, 6.07) is 6.57. The molecular formula is C25H36N4O2. The van der Waals surface area contributed by atoms with E-state index in [4.69, 9.17) is 14.7 Å². The fraction of sp³-hybridized carbons (Fsp3) is 0.560. The maximum Gasteiger partial charge on any atom is 0.222 e. The summed E-state index contributed by atoms with van der Waals surface area (Å²) in [6.07, 6.45) is 1.39. The molecule has 2 heterocycles. The molecule has 1 aromatic heterocycles. The van der Waals surface area contributed by atoms with Gasteiger partial charge in [-0.15, -0.1) is 0 Å². The van der Waals surface area contributed by atoms with E-state index in [1.165, 1.54) is 16.7 Å². The minimum absolute atomic E-state index is 0.254. The first-order valence-electron chi connectivity index (χ1n) is 11.2. The molecule has 1 aliphatic rings. The highest BCUT2D eigenvalue weighted by molar-refractivity contribution is 5.76. The molecule has 0 saturated carbocycles. The van der Waals surface area contributed by atoms with Gasteiger partial charge in [-0.2, -0.15) is 0 Å². The van der Waals surface area contributed by atoms with E-state index in [2.05, 4.69) is 50.8 Å². The molecule has 6 heteroatoms. The second-order valence-corrected chi connectivity index (χ2v) is 9.03. The van der Waals surface area contributed by atoms with Crippen molar-refractivity contribution in [2.45, 2.75) is 54.1 Å². The smallest absolute Gasteiger partial charge is 0.222 e. The highest BCUT2D eigenvalue weighted by atomic mass is 16.5. The van der Waals surface area contributed by atoms with Gasteiger partial charge >= 0.3 is 0 Å². The van der Waals surface area contributed by atoms with Crippen LogP contribution in [0.5, 0.6) is 0 Å². The Morgan fingerprint density at radius 2 is 1.81 bits per heavy atom. The van der Waals surface area contributed by atoms with Gasteiger partial charge in [-0.3, -0.25) is 4.79 Å². The molecule has 6 nitrogen and oxygen atoms in total. The molecule has 0 aliphatic carbocycles. The molecule has 1 aromatic carbocycles. The number of rotatable bonds is 7. The molecule has 0 atom stereocenters. The number of methoxy groups -OCH3 is 1. The maximum atomic E-state index is 12.5. The lowest BCUT2D eigenvalue weighted by molar-refractivity contribution is -0.132. The minimum Gasteiger partial charge on any atom is -0.378 e. The Balaban J connectivity index is 1.89. The van der Waals surface area contributed by atoms with Gasteiger partial charge < -0.3 is 14.5 Å². The van der Waals surface area contributed by atoms with Crippen LogP contribution >= 0.6 is 0 Å². The molecule has 3 rings (SSSR count). The lowest BCUT2D eigenvalue weighted by atomic mass is 9.97. The van der Waals surface area contributed by atoms with Crippen molar-refractivity contribution in [3.8, 4) is 0 Å². The van der Waals surface area contributed by atoms with Gasteiger partial charge in [-0.05, 0) is 37.8 Å². The van der Waals surface area contributed by atoms with Crippen LogP contribution in [0.25, 0.3) is 0 Å². The number of aryl methyl sites for hydroxylation is 3. The van der Waals surface area contributed by atoms with Crippen molar-refractivity contribution in [3.05, 3.63) is 52.0 Å². The van der Waals surface area contributed by atoms with Crippen LogP contribution < -0.4 is 4.90 Å². The van der Waals surface area contributed by atoms with Crippen LogP contribution in [-0.4, -0.2) is 54.1 Å². The largest absolute Gasteiger partial charge is 0.378 e. The Morgan fingerprint density at radius 3 is 2.45 bits per heavy atom. The summed E-state index contributed by atoms with van der Waals surface area (Å²) in [4.78, 5) is 26.4. The van der Waals surface area contributed by atoms with E-state index < -0.39 is 0 Å². The first kappa shape index (κ1) is 23.2. The molecule has 2 aromatic rings. The molecule has 1 saturated heterocycles. The van der Waals surface area contributed by atoms with Crippen LogP contribution in [0.3, 0.4) is 0 Å². The average molecular weight is 425 g/mol. The van der Waals surface area contributed by atoms with Crippen molar-refractivity contribution in [2.75, 3.05) is 38.2 Å². The van der Waals surface area contributed by atoms with Crippen molar-refractivity contribution in [3.63, 3.8) is 0 Å². The number of aromatic nitrogens is 2. The number of anilines is 1.